The fraction of sp³-hybridized carbons (Fsp3) is 0.579. The molecule has 6 heteroatoms. The molecule has 0 aromatic heterocycles. The number of rotatable bonds is 8. The van der Waals surface area contributed by atoms with Crippen LogP contribution in [0, 0.1) is 0 Å². The minimum absolute atomic E-state index is 0.0704. The SMILES string of the molecule is CCCOc1c(CNC(=O)CN2CCCCCC2=O)cccc1OC. The summed E-state index contributed by atoms with van der Waals surface area (Å²) in [5.74, 6) is 1.24. The second-order valence-corrected chi connectivity index (χ2v) is 6.20. The third-order valence-corrected chi connectivity index (χ3v) is 4.21. The van der Waals surface area contributed by atoms with Gasteiger partial charge >= 0.3 is 0 Å². The number of benzene rings is 1. The number of nitrogens with zero attached hydrogens (tertiary/aromatic N) is 1. The first-order chi connectivity index (χ1) is 12.2. The zero-order chi connectivity index (χ0) is 18.1. The molecule has 1 aromatic carbocycles. The van der Waals surface area contributed by atoms with Gasteiger partial charge in [0.15, 0.2) is 11.5 Å². The predicted octanol–water partition coefficient (Wildman–Crippen LogP) is 2.50. The van der Waals surface area contributed by atoms with Crippen molar-refractivity contribution < 1.29 is 19.1 Å². The maximum atomic E-state index is 12.2. The molecule has 1 N–H and O–H groups in total. The van der Waals surface area contributed by atoms with E-state index >= 15 is 0 Å². The van der Waals surface area contributed by atoms with E-state index in [9.17, 15) is 9.59 Å². The number of para-hydroxylation sites is 1. The van der Waals surface area contributed by atoms with Crippen LogP contribution in [0.1, 0.15) is 44.6 Å². The van der Waals surface area contributed by atoms with E-state index in [0.29, 0.717) is 37.6 Å². The molecule has 0 spiro atoms. The Morgan fingerprint density at radius 2 is 2.12 bits per heavy atom. The minimum Gasteiger partial charge on any atom is -0.493 e. The monoisotopic (exact) mass is 348 g/mol. The Kier molecular flexibility index (Phi) is 7.57. The number of likely N-dealkylation sites (tertiary alicyclic amines) is 1. The van der Waals surface area contributed by atoms with Crippen molar-refractivity contribution in [3.63, 3.8) is 0 Å². The fourth-order valence-electron chi connectivity index (χ4n) is 2.86. The Hall–Kier alpha value is -2.24. The van der Waals surface area contributed by atoms with Crippen molar-refractivity contribution in [2.45, 2.75) is 45.6 Å². The van der Waals surface area contributed by atoms with Gasteiger partial charge in [-0.05, 0) is 25.3 Å². The van der Waals surface area contributed by atoms with Crippen molar-refractivity contribution in [2.24, 2.45) is 0 Å². The third kappa shape index (κ3) is 5.66. The lowest BCUT2D eigenvalue weighted by atomic mass is 10.2. The Balaban J connectivity index is 1.95. The average molecular weight is 348 g/mol. The quantitative estimate of drug-likeness (QED) is 0.784. The van der Waals surface area contributed by atoms with Crippen LogP contribution >= 0.6 is 0 Å². The highest BCUT2D eigenvalue weighted by atomic mass is 16.5. The average Bonchev–Trinajstić information content (AvgIpc) is 2.82. The summed E-state index contributed by atoms with van der Waals surface area (Å²) in [6, 6.07) is 5.62. The molecule has 0 aliphatic carbocycles. The van der Waals surface area contributed by atoms with Crippen molar-refractivity contribution in [1.29, 1.82) is 0 Å². The van der Waals surface area contributed by atoms with Gasteiger partial charge in [0.25, 0.3) is 0 Å². The normalized spacial score (nSPS) is 14.8. The van der Waals surface area contributed by atoms with Gasteiger partial charge in [-0.2, -0.15) is 0 Å². The van der Waals surface area contributed by atoms with Gasteiger partial charge in [-0.15, -0.1) is 0 Å². The summed E-state index contributed by atoms with van der Waals surface area (Å²) < 4.78 is 11.1. The van der Waals surface area contributed by atoms with Crippen LogP contribution in [0.5, 0.6) is 11.5 Å². The van der Waals surface area contributed by atoms with Gasteiger partial charge in [-0.1, -0.05) is 25.5 Å². The van der Waals surface area contributed by atoms with E-state index in [0.717, 1.165) is 31.2 Å². The topological polar surface area (TPSA) is 67.9 Å². The van der Waals surface area contributed by atoms with Crippen LogP contribution in [0.15, 0.2) is 18.2 Å². The van der Waals surface area contributed by atoms with E-state index in [2.05, 4.69) is 5.32 Å². The molecule has 1 heterocycles. The predicted molar refractivity (Wildman–Crippen MR) is 95.7 cm³/mol. The highest BCUT2D eigenvalue weighted by molar-refractivity contribution is 5.84. The lowest BCUT2D eigenvalue weighted by molar-refractivity contribution is -0.135. The molecule has 0 radical (unpaired) electrons. The van der Waals surface area contributed by atoms with E-state index in [1.165, 1.54) is 0 Å². The number of hydrogen-bond acceptors (Lipinski definition) is 4. The lowest BCUT2D eigenvalue weighted by Gasteiger charge is -2.20. The van der Waals surface area contributed by atoms with Gasteiger partial charge in [0.05, 0.1) is 20.3 Å². The lowest BCUT2D eigenvalue weighted by Crippen LogP contribution is -2.40. The molecule has 0 bridgehead atoms. The molecule has 6 nitrogen and oxygen atoms in total. The molecule has 2 amide bonds. The second kappa shape index (κ2) is 9.91. The molecule has 1 fully saturated rings. The van der Waals surface area contributed by atoms with Crippen molar-refractivity contribution in [1.82, 2.24) is 10.2 Å². The number of methoxy groups -OCH3 is 1. The first-order valence-electron chi connectivity index (χ1n) is 8.98. The molecule has 0 saturated carbocycles. The largest absolute Gasteiger partial charge is 0.493 e. The maximum Gasteiger partial charge on any atom is 0.239 e. The van der Waals surface area contributed by atoms with E-state index in [-0.39, 0.29) is 18.4 Å². The molecule has 25 heavy (non-hydrogen) atoms. The summed E-state index contributed by atoms with van der Waals surface area (Å²) in [6.45, 7) is 3.75. The van der Waals surface area contributed by atoms with Gasteiger partial charge in [-0.3, -0.25) is 9.59 Å². The van der Waals surface area contributed by atoms with E-state index < -0.39 is 0 Å². The van der Waals surface area contributed by atoms with Gasteiger partial charge in [-0.25, -0.2) is 0 Å². The molecule has 0 unspecified atom stereocenters. The van der Waals surface area contributed by atoms with Crippen LogP contribution < -0.4 is 14.8 Å². The highest BCUT2D eigenvalue weighted by Crippen LogP contribution is 2.31. The van der Waals surface area contributed by atoms with E-state index in [4.69, 9.17) is 9.47 Å². The zero-order valence-corrected chi connectivity index (χ0v) is 15.2. The van der Waals surface area contributed by atoms with Crippen LogP contribution in [0.4, 0.5) is 0 Å². The number of carbonyl (C=O) groups is 2. The molecule has 1 saturated heterocycles. The molecule has 1 aliphatic rings. The zero-order valence-electron chi connectivity index (χ0n) is 15.2. The van der Waals surface area contributed by atoms with Crippen molar-refractivity contribution in [2.75, 3.05) is 26.8 Å². The Bertz CT molecular complexity index is 589. The fourth-order valence-corrected chi connectivity index (χ4v) is 2.86. The Labute approximate surface area is 149 Å². The number of amides is 2. The number of nitrogens with one attached hydrogen (secondary N) is 1. The molecule has 0 atom stereocenters. The molecule has 1 aliphatic heterocycles. The summed E-state index contributed by atoms with van der Waals surface area (Å²) >= 11 is 0. The van der Waals surface area contributed by atoms with Crippen LogP contribution in [0.2, 0.25) is 0 Å². The number of hydrogen-bond donors (Lipinski definition) is 1. The standard InChI is InChI=1S/C19H28N2O4/c1-3-12-25-19-15(8-7-9-16(19)24-2)13-20-17(22)14-21-11-6-4-5-10-18(21)23/h7-9H,3-6,10-14H2,1-2H3,(H,20,22). The van der Waals surface area contributed by atoms with Crippen molar-refractivity contribution in [3.05, 3.63) is 23.8 Å². The summed E-state index contributed by atoms with van der Waals surface area (Å²) in [5, 5.41) is 2.89. The summed E-state index contributed by atoms with van der Waals surface area (Å²) in [4.78, 5) is 25.9. The van der Waals surface area contributed by atoms with Gasteiger partial charge in [0.1, 0.15) is 0 Å². The van der Waals surface area contributed by atoms with E-state index in [1.807, 2.05) is 25.1 Å². The highest BCUT2D eigenvalue weighted by Gasteiger charge is 2.19. The molecule has 1 aromatic rings. The molecule has 2 rings (SSSR count). The first kappa shape index (κ1) is 19.1. The van der Waals surface area contributed by atoms with Crippen molar-refractivity contribution >= 4 is 11.8 Å². The molecular weight excluding hydrogens is 320 g/mol. The summed E-state index contributed by atoms with van der Waals surface area (Å²) in [7, 11) is 1.60. The van der Waals surface area contributed by atoms with Crippen LogP contribution in [-0.4, -0.2) is 43.5 Å². The van der Waals surface area contributed by atoms with E-state index in [1.54, 1.807) is 12.0 Å². The number of carbonyl (C=O) groups excluding carboxylic acids is 2. The van der Waals surface area contributed by atoms with Crippen LogP contribution in [0.25, 0.3) is 0 Å². The first-order valence-corrected chi connectivity index (χ1v) is 8.98. The van der Waals surface area contributed by atoms with Gasteiger partial charge < -0.3 is 19.7 Å². The maximum absolute atomic E-state index is 12.2. The Morgan fingerprint density at radius 1 is 1.28 bits per heavy atom. The summed E-state index contributed by atoms with van der Waals surface area (Å²) in [6.07, 6.45) is 4.35. The smallest absolute Gasteiger partial charge is 0.239 e. The van der Waals surface area contributed by atoms with Crippen LogP contribution in [0.3, 0.4) is 0 Å². The number of ether oxygens (including phenoxy) is 2. The second-order valence-electron chi connectivity index (χ2n) is 6.20. The van der Waals surface area contributed by atoms with Crippen molar-refractivity contribution in [3.8, 4) is 11.5 Å². The van der Waals surface area contributed by atoms with Crippen LogP contribution in [-0.2, 0) is 16.1 Å². The Morgan fingerprint density at radius 3 is 2.88 bits per heavy atom. The molecule has 138 valence electrons. The van der Waals surface area contributed by atoms with Gasteiger partial charge in [0.2, 0.25) is 11.8 Å². The minimum atomic E-state index is -0.153. The van der Waals surface area contributed by atoms with Gasteiger partial charge in [0, 0.05) is 25.1 Å². The molecular formula is C19H28N2O4. The summed E-state index contributed by atoms with van der Waals surface area (Å²) in [5.41, 5.74) is 0.864. The third-order valence-electron chi connectivity index (χ3n) is 4.21.